The number of hydrogen-bond acceptors (Lipinski definition) is 4. The minimum atomic E-state index is -3.42. The minimum Gasteiger partial charge on any atom is -0.326 e. The van der Waals surface area contributed by atoms with Crippen LogP contribution in [0.4, 0.5) is 0 Å². The molecule has 0 amide bonds. The monoisotopic (exact) mass is 314 g/mol. The number of benzene rings is 1. The molecule has 0 aromatic heterocycles. The molecule has 1 atom stereocenters. The summed E-state index contributed by atoms with van der Waals surface area (Å²) in [6.45, 7) is 2.94. The first kappa shape index (κ1) is 15.8. The molecule has 112 valence electrons. The number of sulfonamides is 1. The van der Waals surface area contributed by atoms with E-state index in [1.807, 2.05) is 24.8 Å². The second-order valence-corrected chi connectivity index (χ2v) is 7.99. The van der Waals surface area contributed by atoms with E-state index in [-0.39, 0.29) is 0 Å². The van der Waals surface area contributed by atoms with Gasteiger partial charge in [-0.1, -0.05) is 13.0 Å². The van der Waals surface area contributed by atoms with Gasteiger partial charge in [0, 0.05) is 13.1 Å². The molecule has 1 fully saturated rings. The Kier molecular flexibility index (Phi) is 5.49. The predicted molar refractivity (Wildman–Crippen MR) is 84.3 cm³/mol. The highest BCUT2D eigenvalue weighted by Crippen LogP contribution is 2.23. The molecule has 1 aromatic carbocycles. The lowest BCUT2D eigenvalue weighted by molar-refractivity contribution is 0.545. The van der Waals surface area contributed by atoms with Crippen molar-refractivity contribution in [3.8, 4) is 0 Å². The van der Waals surface area contributed by atoms with E-state index in [0.29, 0.717) is 23.9 Å². The summed E-state index contributed by atoms with van der Waals surface area (Å²) in [5, 5.41) is 0. The summed E-state index contributed by atoms with van der Waals surface area (Å²) < 4.78 is 27.3. The summed E-state index contributed by atoms with van der Waals surface area (Å²) in [4.78, 5) is 0.320. The van der Waals surface area contributed by atoms with Crippen LogP contribution in [-0.4, -0.2) is 26.5 Å². The Labute approximate surface area is 125 Å². The standard InChI is InChI=1S/C14H22N2O2S2/c1-2-12-3-4-14(7-13(12)8-15)20(17,18)16-9-11-5-6-19-10-11/h3-4,7,11,16H,2,5-6,8-10,15H2,1H3. The molecule has 1 aliphatic heterocycles. The van der Waals surface area contributed by atoms with E-state index in [9.17, 15) is 8.42 Å². The first-order valence-electron chi connectivity index (χ1n) is 6.96. The summed E-state index contributed by atoms with van der Waals surface area (Å²) in [5.41, 5.74) is 7.71. The highest BCUT2D eigenvalue weighted by atomic mass is 32.2. The molecular weight excluding hydrogens is 292 g/mol. The third kappa shape index (κ3) is 3.75. The van der Waals surface area contributed by atoms with Crippen LogP contribution in [0.25, 0.3) is 0 Å². The number of thioether (sulfide) groups is 1. The lowest BCUT2D eigenvalue weighted by Crippen LogP contribution is -2.29. The Bertz CT molecular complexity index is 552. The van der Waals surface area contributed by atoms with Crippen molar-refractivity contribution in [1.29, 1.82) is 0 Å². The van der Waals surface area contributed by atoms with Gasteiger partial charge in [0.1, 0.15) is 0 Å². The Balaban J connectivity index is 2.11. The number of nitrogens with one attached hydrogen (secondary N) is 1. The maximum atomic E-state index is 12.3. The zero-order chi connectivity index (χ0) is 14.6. The van der Waals surface area contributed by atoms with Gasteiger partial charge < -0.3 is 5.73 Å². The van der Waals surface area contributed by atoms with Crippen LogP contribution in [0.15, 0.2) is 23.1 Å². The van der Waals surface area contributed by atoms with E-state index in [4.69, 9.17) is 5.73 Å². The van der Waals surface area contributed by atoms with Gasteiger partial charge in [-0.15, -0.1) is 0 Å². The lowest BCUT2D eigenvalue weighted by Gasteiger charge is -2.13. The predicted octanol–water partition coefficient (Wildman–Crippen LogP) is 1.74. The molecule has 2 rings (SSSR count). The van der Waals surface area contributed by atoms with Crippen LogP contribution < -0.4 is 10.5 Å². The van der Waals surface area contributed by atoms with Gasteiger partial charge in [-0.3, -0.25) is 0 Å². The molecule has 4 nitrogen and oxygen atoms in total. The molecule has 1 aliphatic rings. The first-order chi connectivity index (χ1) is 9.56. The maximum Gasteiger partial charge on any atom is 0.240 e. The van der Waals surface area contributed by atoms with Gasteiger partial charge in [-0.25, -0.2) is 13.1 Å². The topological polar surface area (TPSA) is 72.2 Å². The molecule has 0 saturated carbocycles. The largest absolute Gasteiger partial charge is 0.326 e. The zero-order valence-corrected chi connectivity index (χ0v) is 13.4. The Morgan fingerprint density at radius 3 is 2.80 bits per heavy atom. The van der Waals surface area contributed by atoms with Gasteiger partial charge in [0.2, 0.25) is 10.0 Å². The van der Waals surface area contributed by atoms with Gasteiger partial charge in [-0.2, -0.15) is 11.8 Å². The molecule has 1 saturated heterocycles. The number of rotatable bonds is 6. The van der Waals surface area contributed by atoms with Crippen LogP contribution in [0.1, 0.15) is 24.5 Å². The average Bonchev–Trinajstić information content (AvgIpc) is 2.97. The van der Waals surface area contributed by atoms with E-state index < -0.39 is 10.0 Å². The van der Waals surface area contributed by atoms with Gasteiger partial charge in [0.25, 0.3) is 0 Å². The van der Waals surface area contributed by atoms with Crippen molar-refractivity contribution in [2.45, 2.75) is 31.2 Å². The quantitative estimate of drug-likeness (QED) is 0.839. The van der Waals surface area contributed by atoms with E-state index in [1.54, 1.807) is 12.1 Å². The second kappa shape index (κ2) is 6.93. The SMILES string of the molecule is CCc1ccc(S(=O)(=O)NCC2CCSC2)cc1CN. The van der Waals surface area contributed by atoms with Gasteiger partial charge >= 0.3 is 0 Å². The molecule has 0 spiro atoms. The van der Waals surface area contributed by atoms with Crippen molar-refractivity contribution in [3.63, 3.8) is 0 Å². The molecule has 1 unspecified atom stereocenters. The zero-order valence-electron chi connectivity index (χ0n) is 11.8. The summed E-state index contributed by atoms with van der Waals surface area (Å²) in [6.07, 6.45) is 1.95. The first-order valence-corrected chi connectivity index (χ1v) is 9.60. The van der Waals surface area contributed by atoms with Gasteiger partial charge in [0.05, 0.1) is 4.90 Å². The highest BCUT2D eigenvalue weighted by molar-refractivity contribution is 7.99. The Hall–Kier alpha value is -0.560. The Morgan fingerprint density at radius 1 is 1.40 bits per heavy atom. The number of aryl methyl sites for hydroxylation is 1. The number of hydrogen-bond donors (Lipinski definition) is 2. The Morgan fingerprint density at radius 2 is 2.20 bits per heavy atom. The van der Waals surface area contributed by atoms with Crippen molar-refractivity contribution in [2.75, 3.05) is 18.1 Å². The van der Waals surface area contributed by atoms with Crippen molar-refractivity contribution in [2.24, 2.45) is 11.7 Å². The number of nitrogens with two attached hydrogens (primary N) is 1. The summed E-state index contributed by atoms with van der Waals surface area (Å²) in [5.74, 6) is 2.64. The van der Waals surface area contributed by atoms with Crippen molar-refractivity contribution >= 4 is 21.8 Å². The fourth-order valence-electron chi connectivity index (χ4n) is 2.36. The molecule has 3 N–H and O–H groups in total. The van der Waals surface area contributed by atoms with Crippen LogP contribution in [-0.2, 0) is 23.0 Å². The van der Waals surface area contributed by atoms with Crippen LogP contribution in [0.2, 0.25) is 0 Å². The van der Waals surface area contributed by atoms with Crippen LogP contribution in [0.5, 0.6) is 0 Å². The molecule has 20 heavy (non-hydrogen) atoms. The van der Waals surface area contributed by atoms with Gasteiger partial charge in [-0.05, 0) is 53.5 Å². The molecule has 0 radical (unpaired) electrons. The van der Waals surface area contributed by atoms with E-state index >= 15 is 0 Å². The van der Waals surface area contributed by atoms with Gasteiger partial charge in [0.15, 0.2) is 0 Å². The van der Waals surface area contributed by atoms with E-state index in [1.165, 1.54) is 0 Å². The summed E-state index contributed by atoms with van der Waals surface area (Å²) >= 11 is 1.89. The highest BCUT2D eigenvalue weighted by Gasteiger charge is 2.20. The van der Waals surface area contributed by atoms with Crippen molar-refractivity contribution in [1.82, 2.24) is 4.72 Å². The van der Waals surface area contributed by atoms with E-state index in [2.05, 4.69) is 4.72 Å². The fraction of sp³-hybridized carbons (Fsp3) is 0.571. The minimum absolute atomic E-state index is 0.320. The normalized spacial score (nSPS) is 19.4. The molecule has 1 heterocycles. The fourth-order valence-corrected chi connectivity index (χ4v) is 4.81. The molecule has 6 heteroatoms. The van der Waals surface area contributed by atoms with Crippen LogP contribution >= 0.6 is 11.8 Å². The molecule has 0 aliphatic carbocycles. The summed E-state index contributed by atoms with van der Waals surface area (Å²) in [6, 6.07) is 5.23. The van der Waals surface area contributed by atoms with Crippen molar-refractivity contribution < 1.29 is 8.42 Å². The third-order valence-electron chi connectivity index (χ3n) is 3.67. The van der Waals surface area contributed by atoms with Crippen LogP contribution in [0, 0.1) is 5.92 Å². The smallest absolute Gasteiger partial charge is 0.240 e. The second-order valence-electron chi connectivity index (χ2n) is 5.07. The van der Waals surface area contributed by atoms with E-state index in [0.717, 1.165) is 35.5 Å². The summed E-state index contributed by atoms with van der Waals surface area (Å²) in [7, 11) is -3.42. The molecule has 0 bridgehead atoms. The van der Waals surface area contributed by atoms with Crippen LogP contribution in [0.3, 0.4) is 0 Å². The average molecular weight is 314 g/mol. The third-order valence-corrected chi connectivity index (χ3v) is 6.33. The lowest BCUT2D eigenvalue weighted by atomic mass is 10.1. The maximum absolute atomic E-state index is 12.3. The molecule has 1 aromatic rings. The molecular formula is C14H22N2O2S2. The van der Waals surface area contributed by atoms with Crippen molar-refractivity contribution in [3.05, 3.63) is 29.3 Å².